The Labute approximate surface area is 163 Å². The Morgan fingerprint density at radius 2 is 2.04 bits per heavy atom. The number of hydrogen-bond donors (Lipinski definition) is 1. The minimum absolute atomic E-state index is 0.0149. The van der Waals surface area contributed by atoms with Crippen molar-refractivity contribution in [2.24, 2.45) is 0 Å². The fourth-order valence-electron chi connectivity index (χ4n) is 4.33. The minimum Gasteiger partial charge on any atom is -0.476 e. The number of pyridine rings is 1. The number of fused-ring (bicyclic) bond motifs is 1. The molecule has 2 aromatic heterocycles. The van der Waals surface area contributed by atoms with Crippen molar-refractivity contribution < 1.29 is 14.7 Å². The van der Waals surface area contributed by atoms with Crippen LogP contribution >= 0.6 is 0 Å². The van der Waals surface area contributed by atoms with Gasteiger partial charge in [0.05, 0.1) is 0 Å². The summed E-state index contributed by atoms with van der Waals surface area (Å²) >= 11 is 0. The van der Waals surface area contributed by atoms with Gasteiger partial charge in [0.2, 0.25) is 5.91 Å². The molecule has 0 unspecified atom stereocenters. The van der Waals surface area contributed by atoms with E-state index in [9.17, 15) is 14.7 Å². The number of carbonyl (C=O) groups excluding carboxylic acids is 1. The van der Waals surface area contributed by atoms with Crippen molar-refractivity contribution in [2.75, 3.05) is 19.6 Å². The average Bonchev–Trinajstić information content (AvgIpc) is 3.36. The molecule has 1 amide bonds. The molecule has 1 atom stereocenters. The molecule has 0 aliphatic carbocycles. The third kappa shape index (κ3) is 3.28. The van der Waals surface area contributed by atoms with Gasteiger partial charge in [0.15, 0.2) is 5.69 Å². The predicted octanol–water partition coefficient (Wildman–Crippen LogP) is 1.72. The Morgan fingerprint density at radius 3 is 2.68 bits per heavy atom. The van der Waals surface area contributed by atoms with Crippen LogP contribution in [0.2, 0.25) is 0 Å². The summed E-state index contributed by atoms with van der Waals surface area (Å²) in [6.07, 6.45) is 6.25. The Hall–Kier alpha value is -2.74. The highest BCUT2D eigenvalue weighted by Gasteiger charge is 2.36. The smallest absolute Gasteiger partial charge is 0.356 e. The van der Waals surface area contributed by atoms with Gasteiger partial charge in [-0.2, -0.15) is 5.10 Å². The van der Waals surface area contributed by atoms with Gasteiger partial charge in [-0.25, -0.2) is 4.79 Å². The lowest BCUT2D eigenvalue weighted by Gasteiger charge is -2.34. The first kappa shape index (κ1) is 18.6. The van der Waals surface area contributed by atoms with E-state index in [0.717, 1.165) is 37.2 Å². The van der Waals surface area contributed by atoms with E-state index < -0.39 is 5.97 Å². The van der Waals surface area contributed by atoms with E-state index in [1.165, 1.54) is 0 Å². The molecule has 4 heterocycles. The largest absolute Gasteiger partial charge is 0.476 e. The zero-order valence-corrected chi connectivity index (χ0v) is 16.0. The number of carboxylic acids is 1. The van der Waals surface area contributed by atoms with Crippen LogP contribution in [0.3, 0.4) is 0 Å². The quantitative estimate of drug-likeness (QED) is 0.845. The first-order valence-corrected chi connectivity index (χ1v) is 9.84. The molecule has 4 rings (SSSR count). The Morgan fingerprint density at radius 1 is 1.25 bits per heavy atom. The standard InChI is InChI=1S/C20H25N5O3/c1-2-25-16-7-11-24(13-15(16)17(22-25)20(27)28)19(26)18(23-9-3-4-10-23)14-6-5-8-21-12-14/h5-6,8,12,18H,2-4,7,9-11,13H2,1H3,(H,27,28)/t18-/m1/s1. The summed E-state index contributed by atoms with van der Waals surface area (Å²) in [6, 6.07) is 3.43. The molecule has 0 spiro atoms. The number of rotatable bonds is 5. The lowest BCUT2D eigenvalue weighted by Crippen LogP contribution is -2.44. The van der Waals surface area contributed by atoms with E-state index in [4.69, 9.17) is 0 Å². The molecule has 0 aromatic carbocycles. The monoisotopic (exact) mass is 383 g/mol. The van der Waals surface area contributed by atoms with Crippen LogP contribution in [-0.4, -0.2) is 61.2 Å². The molecule has 2 aliphatic rings. The molecule has 2 aliphatic heterocycles. The van der Waals surface area contributed by atoms with Crippen molar-refractivity contribution in [1.29, 1.82) is 0 Å². The summed E-state index contributed by atoms with van der Waals surface area (Å²) < 4.78 is 1.75. The van der Waals surface area contributed by atoms with Crippen LogP contribution in [0.25, 0.3) is 0 Å². The van der Waals surface area contributed by atoms with Crippen LogP contribution in [0.5, 0.6) is 0 Å². The molecule has 0 saturated carbocycles. The van der Waals surface area contributed by atoms with Gasteiger partial charge in [-0.15, -0.1) is 0 Å². The van der Waals surface area contributed by atoms with Crippen molar-refractivity contribution in [1.82, 2.24) is 24.6 Å². The SMILES string of the molecule is CCn1nc(C(=O)O)c2c1CCN(C(=O)[C@@H](c1cccnc1)N1CCCC1)C2. The highest BCUT2D eigenvalue weighted by molar-refractivity contribution is 5.88. The molecular formula is C20H25N5O3. The zero-order chi connectivity index (χ0) is 19.7. The van der Waals surface area contributed by atoms with Crippen LogP contribution in [0.15, 0.2) is 24.5 Å². The third-order valence-corrected chi connectivity index (χ3v) is 5.69. The van der Waals surface area contributed by atoms with E-state index in [0.29, 0.717) is 31.6 Å². The Bertz CT molecular complexity index is 873. The van der Waals surface area contributed by atoms with Gasteiger partial charge >= 0.3 is 5.97 Å². The molecule has 28 heavy (non-hydrogen) atoms. The van der Waals surface area contributed by atoms with Crippen molar-refractivity contribution in [3.8, 4) is 0 Å². The van der Waals surface area contributed by atoms with Gasteiger partial charge in [0.1, 0.15) is 6.04 Å². The molecule has 2 aromatic rings. The Kier molecular flexibility index (Phi) is 5.13. The van der Waals surface area contributed by atoms with Gasteiger partial charge in [0, 0.05) is 49.7 Å². The molecule has 1 N–H and O–H groups in total. The topological polar surface area (TPSA) is 91.6 Å². The first-order valence-electron chi connectivity index (χ1n) is 9.84. The van der Waals surface area contributed by atoms with Crippen molar-refractivity contribution in [3.05, 3.63) is 47.0 Å². The summed E-state index contributed by atoms with van der Waals surface area (Å²) in [5, 5.41) is 13.8. The summed E-state index contributed by atoms with van der Waals surface area (Å²) in [6.45, 7) is 5.20. The maximum atomic E-state index is 13.5. The van der Waals surface area contributed by atoms with Gasteiger partial charge in [0.25, 0.3) is 0 Å². The Balaban J connectivity index is 1.64. The van der Waals surface area contributed by atoms with Gasteiger partial charge < -0.3 is 10.0 Å². The van der Waals surface area contributed by atoms with Crippen LogP contribution in [0.4, 0.5) is 0 Å². The molecule has 8 heteroatoms. The molecule has 0 radical (unpaired) electrons. The molecular weight excluding hydrogens is 358 g/mol. The van der Waals surface area contributed by atoms with Crippen LogP contribution in [0.1, 0.15) is 53.1 Å². The third-order valence-electron chi connectivity index (χ3n) is 5.69. The summed E-state index contributed by atoms with van der Waals surface area (Å²) in [5.74, 6) is -1.03. The normalized spacial score (nSPS) is 18.1. The number of aromatic carboxylic acids is 1. The number of hydrogen-bond acceptors (Lipinski definition) is 5. The van der Waals surface area contributed by atoms with E-state index in [1.807, 2.05) is 19.1 Å². The minimum atomic E-state index is -1.04. The van der Waals surface area contributed by atoms with E-state index in [2.05, 4.69) is 15.0 Å². The fourth-order valence-corrected chi connectivity index (χ4v) is 4.33. The number of nitrogens with zero attached hydrogens (tertiary/aromatic N) is 5. The maximum absolute atomic E-state index is 13.5. The number of aromatic nitrogens is 3. The summed E-state index contributed by atoms with van der Waals surface area (Å²) in [7, 11) is 0. The molecule has 8 nitrogen and oxygen atoms in total. The number of carboxylic acid groups (broad SMARTS) is 1. The number of likely N-dealkylation sites (tertiary alicyclic amines) is 1. The molecule has 148 valence electrons. The highest BCUT2D eigenvalue weighted by Crippen LogP contribution is 2.30. The lowest BCUT2D eigenvalue weighted by atomic mass is 10.0. The fraction of sp³-hybridized carbons (Fsp3) is 0.500. The number of amides is 1. The van der Waals surface area contributed by atoms with Crippen LogP contribution in [0, 0.1) is 0 Å². The first-order chi connectivity index (χ1) is 13.6. The zero-order valence-electron chi connectivity index (χ0n) is 16.0. The second kappa shape index (κ2) is 7.71. The second-order valence-corrected chi connectivity index (χ2v) is 7.34. The van der Waals surface area contributed by atoms with Crippen LogP contribution in [-0.2, 0) is 24.3 Å². The average molecular weight is 383 g/mol. The van der Waals surface area contributed by atoms with Crippen molar-refractivity contribution in [3.63, 3.8) is 0 Å². The number of aryl methyl sites for hydroxylation is 1. The van der Waals surface area contributed by atoms with Crippen molar-refractivity contribution in [2.45, 2.75) is 45.3 Å². The second-order valence-electron chi connectivity index (χ2n) is 7.34. The molecule has 1 fully saturated rings. The van der Waals surface area contributed by atoms with Gasteiger partial charge in [-0.1, -0.05) is 6.07 Å². The highest BCUT2D eigenvalue weighted by atomic mass is 16.4. The molecule has 1 saturated heterocycles. The lowest BCUT2D eigenvalue weighted by molar-refractivity contribution is -0.138. The van der Waals surface area contributed by atoms with Gasteiger partial charge in [-0.05, 0) is 44.5 Å². The van der Waals surface area contributed by atoms with E-state index in [-0.39, 0.29) is 17.6 Å². The predicted molar refractivity (Wildman–Crippen MR) is 102 cm³/mol. The summed E-state index contributed by atoms with van der Waals surface area (Å²) in [4.78, 5) is 33.4. The van der Waals surface area contributed by atoms with Gasteiger partial charge in [-0.3, -0.25) is 19.4 Å². The maximum Gasteiger partial charge on any atom is 0.356 e. The summed E-state index contributed by atoms with van der Waals surface area (Å²) in [5.41, 5.74) is 2.56. The van der Waals surface area contributed by atoms with E-state index >= 15 is 0 Å². The van der Waals surface area contributed by atoms with Crippen LogP contribution < -0.4 is 0 Å². The number of carbonyl (C=O) groups is 2. The van der Waals surface area contributed by atoms with Crippen molar-refractivity contribution >= 4 is 11.9 Å². The molecule has 0 bridgehead atoms. The van der Waals surface area contributed by atoms with E-state index in [1.54, 1.807) is 22.0 Å².